The summed E-state index contributed by atoms with van der Waals surface area (Å²) in [5.74, 6) is 1.00. The molecule has 0 radical (unpaired) electrons. The zero-order valence-electron chi connectivity index (χ0n) is 17.6. The van der Waals surface area contributed by atoms with E-state index in [0.717, 1.165) is 58.9 Å². The number of rotatable bonds is 7. The monoisotopic (exact) mass is 402 g/mol. The third-order valence-electron chi connectivity index (χ3n) is 5.58. The third-order valence-corrected chi connectivity index (χ3v) is 5.58. The molecule has 0 saturated heterocycles. The minimum atomic E-state index is -0.916. The van der Waals surface area contributed by atoms with Crippen molar-refractivity contribution in [3.8, 4) is 11.1 Å². The number of aryl methyl sites for hydroxylation is 3. The van der Waals surface area contributed by atoms with Crippen LogP contribution in [-0.2, 0) is 13.0 Å². The highest BCUT2D eigenvalue weighted by Gasteiger charge is 2.16. The first kappa shape index (κ1) is 19.9. The summed E-state index contributed by atoms with van der Waals surface area (Å²) >= 11 is 0. The summed E-state index contributed by atoms with van der Waals surface area (Å²) < 4.78 is 4.13. The van der Waals surface area contributed by atoms with Crippen molar-refractivity contribution in [2.24, 2.45) is 0 Å². The molecule has 0 fully saturated rings. The standard InChI is InChI=1S/C24H26N4O2/c1-4-5-10-22-26-28-17(3)16(2)25-24(28)27(22)15-18-11-13-19(14-12-18)20-8-6-7-9-21(20)23(29)30/h6-9,11-14H,4-5,10,15H2,1-3H3,(H,29,30). The zero-order valence-corrected chi connectivity index (χ0v) is 17.6. The Labute approximate surface area is 175 Å². The Morgan fingerprint density at radius 2 is 1.80 bits per heavy atom. The molecule has 0 spiro atoms. The van der Waals surface area contributed by atoms with Gasteiger partial charge in [0.1, 0.15) is 5.82 Å². The molecule has 154 valence electrons. The molecule has 0 saturated carbocycles. The highest BCUT2D eigenvalue weighted by atomic mass is 16.4. The number of carboxylic acids is 1. The Hall–Kier alpha value is -3.41. The number of hydrogen-bond donors (Lipinski definition) is 1. The maximum Gasteiger partial charge on any atom is 0.336 e. The van der Waals surface area contributed by atoms with Crippen molar-refractivity contribution in [1.82, 2.24) is 19.2 Å². The van der Waals surface area contributed by atoms with Gasteiger partial charge in [-0.05, 0) is 43.0 Å². The smallest absolute Gasteiger partial charge is 0.336 e. The number of carbonyl (C=O) groups is 1. The highest BCUT2D eigenvalue weighted by Crippen LogP contribution is 2.25. The van der Waals surface area contributed by atoms with Crippen molar-refractivity contribution >= 4 is 11.7 Å². The van der Waals surface area contributed by atoms with Gasteiger partial charge in [-0.25, -0.2) is 14.3 Å². The van der Waals surface area contributed by atoms with Gasteiger partial charge >= 0.3 is 5.97 Å². The second-order valence-corrected chi connectivity index (χ2v) is 7.65. The van der Waals surface area contributed by atoms with E-state index in [1.165, 1.54) is 0 Å². The first-order valence-electron chi connectivity index (χ1n) is 10.3. The molecule has 2 aromatic heterocycles. The second kappa shape index (κ2) is 8.14. The molecule has 6 nitrogen and oxygen atoms in total. The molecular formula is C24H26N4O2. The molecule has 0 aliphatic carbocycles. The van der Waals surface area contributed by atoms with Gasteiger partial charge in [0.2, 0.25) is 5.78 Å². The summed E-state index contributed by atoms with van der Waals surface area (Å²) in [6, 6.07) is 15.2. The molecule has 2 aromatic carbocycles. The van der Waals surface area contributed by atoms with Crippen molar-refractivity contribution < 1.29 is 9.90 Å². The van der Waals surface area contributed by atoms with Crippen molar-refractivity contribution in [3.63, 3.8) is 0 Å². The summed E-state index contributed by atoms with van der Waals surface area (Å²) in [4.78, 5) is 16.3. The van der Waals surface area contributed by atoms with Gasteiger partial charge in [0.15, 0.2) is 0 Å². The van der Waals surface area contributed by atoms with Crippen LogP contribution in [0.15, 0.2) is 48.5 Å². The predicted molar refractivity (Wildman–Crippen MR) is 117 cm³/mol. The lowest BCUT2D eigenvalue weighted by Crippen LogP contribution is -2.06. The van der Waals surface area contributed by atoms with Gasteiger partial charge in [0, 0.05) is 6.42 Å². The summed E-state index contributed by atoms with van der Waals surface area (Å²) in [5, 5.41) is 14.3. The van der Waals surface area contributed by atoms with Crippen LogP contribution in [0.2, 0.25) is 0 Å². The van der Waals surface area contributed by atoms with Crippen molar-refractivity contribution in [2.75, 3.05) is 0 Å². The van der Waals surface area contributed by atoms with Gasteiger partial charge in [0.05, 0.1) is 23.5 Å². The number of nitrogens with zero attached hydrogens (tertiary/aromatic N) is 4. The van der Waals surface area contributed by atoms with Crippen LogP contribution in [0, 0.1) is 13.8 Å². The van der Waals surface area contributed by atoms with E-state index in [0.29, 0.717) is 12.1 Å². The number of carboxylic acid groups (broad SMARTS) is 1. The van der Waals surface area contributed by atoms with Gasteiger partial charge < -0.3 is 5.11 Å². The van der Waals surface area contributed by atoms with Gasteiger partial charge in [-0.15, -0.1) is 0 Å². The molecule has 2 heterocycles. The van der Waals surface area contributed by atoms with E-state index in [1.54, 1.807) is 12.1 Å². The maximum absolute atomic E-state index is 11.5. The van der Waals surface area contributed by atoms with Crippen molar-refractivity contribution in [3.05, 3.63) is 76.9 Å². The maximum atomic E-state index is 11.5. The lowest BCUT2D eigenvalue weighted by Gasteiger charge is -2.10. The van der Waals surface area contributed by atoms with Crippen LogP contribution in [0.5, 0.6) is 0 Å². The lowest BCUT2D eigenvalue weighted by molar-refractivity contribution is 0.0697. The Kier molecular flexibility index (Phi) is 5.40. The summed E-state index contributed by atoms with van der Waals surface area (Å²) in [7, 11) is 0. The average molecular weight is 402 g/mol. The number of hydrogen-bond acceptors (Lipinski definition) is 3. The van der Waals surface area contributed by atoms with E-state index < -0.39 is 5.97 Å². The molecule has 0 amide bonds. The molecule has 1 N–H and O–H groups in total. The van der Waals surface area contributed by atoms with Gasteiger partial charge in [-0.1, -0.05) is 55.8 Å². The third kappa shape index (κ3) is 3.61. The Bertz CT molecular complexity index is 1200. The van der Waals surface area contributed by atoms with E-state index in [2.05, 4.69) is 23.6 Å². The molecule has 0 aliphatic heterocycles. The average Bonchev–Trinajstić information content (AvgIpc) is 3.22. The molecule has 30 heavy (non-hydrogen) atoms. The van der Waals surface area contributed by atoms with Gasteiger partial charge in [-0.3, -0.25) is 4.57 Å². The first-order chi connectivity index (χ1) is 14.5. The molecule has 6 heteroatoms. The molecule has 0 atom stereocenters. The molecule has 0 aliphatic rings. The SMILES string of the molecule is CCCCc1nn2c(C)c(C)nc2n1Cc1ccc(-c2ccccc2C(=O)O)cc1. The van der Waals surface area contributed by atoms with E-state index in [-0.39, 0.29) is 0 Å². The van der Waals surface area contributed by atoms with Crippen LogP contribution in [0.1, 0.15) is 52.9 Å². The molecule has 0 unspecified atom stereocenters. The van der Waals surface area contributed by atoms with Crippen molar-refractivity contribution in [2.45, 2.75) is 46.6 Å². The fourth-order valence-corrected chi connectivity index (χ4v) is 3.74. The zero-order chi connectivity index (χ0) is 21.3. The van der Waals surface area contributed by atoms with Crippen molar-refractivity contribution in [1.29, 1.82) is 0 Å². The van der Waals surface area contributed by atoms with Crippen LogP contribution in [-0.4, -0.2) is 30.2 Å². The summed E-state index contributed by atoms with van der Waals surface area (Å²) in [5.41, 5.74) is 5.13. The highest BCUT2D eigenvalue weighted by molar-refractivity contribution is 5.95. The van der Waals surface area contributed by atoms with Crippen LogP contribution < -0.4 is 0 Å². The van der Waals surface area contributed by atoms with E-state index >= 15 is 0 Å². The molecule has 0 bridgehead atoms. The predicted octanol–water partition coefficient (Wildman–Crippen LogP) is 4.90. The topological polar surface area (TPSA) is 72.4 Å². The number of fused-ring (bicyclic) bond motifs is 1. The fraction of sp³-hybridized carbons (Fsp3) is 0.292. The minimum absolute atomic E-state index is 0.312. The number of benzene rings is 2. The Balaban J connectivity index is 1.68. The first-order valence-corrected chi connectivity index (χ1v) is 10.3. The second-order valence-electron chi connectivity index (χ2n) is 7.65. The van der Waals surface area contributed by atoms with Crippen LogP contribution in [0.25, 0.3) is 16.9 Å². The summed E-state index contributed by atoms with van der Waals surface area (Å²) in [6.07, 6.45) is 3.12. The number of unbranched alkanes of at least 4 members (excludes halogenated alkanes) is 1. The van der Waals surface area contributed by atoms with E-state index in [4.69, 9.17) is 10.1 Å². The van der Waals surface area contributed by atoms with E-state index in [1.807, 2.05) is 42.6 Å². The minimum Gasteiger partial charge on any atom is -0.478 e. The molecular weight excluding hydrogens is 376 g/mol. The van der Waals surface area contributed by atoms with Gasteiger partial charge in [0.25, 0.3) is 0 Å². The fourth-order valence-electron chi connectivity index (χ4n) is 3.74. The molecule has 4 aromatic rings. The Morgan fingerprint density at radius 1 is 1.07 bits per heavy atom. The normalized spacial score (nSPS) is 11.3. The van der Waals surface area contributed by atoms with Crippen LogP contribution >= 0.6 is 0 Å². The lowest BCUT2D eigenvalue weighted by atomic mass is 9.99. The van der Waals surface area contributed by atoms with Gasteiger partial charge in [-0.2, -0.15) is 5.10 Å². The van der Waals surface area contributed by atoms with Crippen LogP contribution in [0.3, 0.4) is 0 Å². The largest absolute Gasteiger partial charge is 0.478 e. The van der Waals surface area contributed by atoms with E-state index in [9.17, 15) is 9.90 Å². The van der Waals surface area contributed by atoms with Crippen LogP contribution in [0.4, 0.5) is 0 Å². The number of imidazole rings is 1. The number of aromatic nitrogens is 4. The molecule has 4 rings (SSSR count). The number of aromatic carboxylic acids is 1. The quantitative estimate of drug-likeness (QED) is 0.477. The Morgan fingerprint density at radius 3 is 2.50 bits per heavy atom. The summed E-state index contributed by atoms with van der Waals surface area (Å²) in [6.45, 7) is 6.92.